The molecule has 0 bridgehead atoms. The van der Waals surface area contributed by atoms with Crippen molar-refractivity contribution in [2.75, 3.05) is 12.3 Å². The molecule has 0 aromatic carbocycles. The molecule has 0 fully saturated rings. The predicted molar refractivity (Wildman–Crippen MR) is 65.6 cm³/mol. The molecule has 2 aromatic rings. The molecular weight excluding hydrogens is 232 g/mol. The van der Waals surface area contributed by atoms with E-state index in [0.717, 1.165) is 6.42 Å². The van der Waals surface area contributed by atoms with Crippen LogP contribution in [0.5, 0.6) is 0 Å². The lowest BCUT2D eigenvalue weighted by Crippen LogP contribution is -2.27. The number of carbonyl (C=O) groups is 1. The van der Waals surface area contributed by atoms with Crippen molar-refractivity contribution in [1.29, 1.82) is 0 Å². The third-order valence-corrected chi connectivity index (χ3v) is 2.38. The van der Waals surface area contributed by atoms with E-state index >= 15 is 0 Å². The maximum Gasteiger partial charge on any atom is 0.272 e. The first kappa shape index (κ1) is 12.0. The molecular formula is C11H14N6O. The molecule has 2 rings (SSSR count). The minimum Gasteiger partial charge on any atom is -0.397 e. The van der Waals surface area contributed by atoms with Crippen molar-refractivity contribution in [3.63, 3.8) is 0 Å². The molecule has 0 atom stereocenters. The number of aryl methyl sites for hydroxylation is 1. The normalized spacial score (nSPS) is 10.2. The monoisotopic (exact) mass is 246 g/mol. The largest absolute Gasteiger partial charge is 0.397 e. The molecule has 2 aromatic heterocycles. The first-order valence-corrected chi connectivity index (χ1v) is 5.60. The Hall–Kier alpha value is -2.44. The lowest BCUT2D eigenvalue weighted by atomic mass is 10.3. The molecule has 2 heterocycles. The Morgan fingerprint density at radius 1 is 1.44 bits per heavy atom. The number of amides is 1. The van der Waals surface area contributed by atoms with Crippen LogP contribution in [0.1, 0.15) is 16.9 Å². The van der Waals surface area contributed by atoms with Crippen molar-refractivity contribution in [2.45, 2.75) is 13.0 Å². The molecule has 3 N–H and O–H groups in total. The lowest BCUT2D eigenvalue weighted by Gasteiger charge is -2.06. The van der Waals surface area contributed by atoms with Crippen LogP contribution in [0.25, 0.3) is 0 Å². The Morgan fingerprint density at radius 3 is 3.06 bits per heavy atom. The molecule has 0 aliphatic rings. The third-order valence-electron chi connectivity index (χ3n) is 2.38. The fourth-order valence-corrected chi connectivity index (χ4v) is 1.49. The molecule has 7 nitrogen and oxygen atoms in total. The van der Waals surface area contributed by atoms with Crippen LogP contribution in [-0.2, 0) is 6.54 Å². The number of nitrogen functional groups attached to an aromatic ring is 1. The van der Waals surface area contributed by atoms with Crippen molar-refractivity contribution < 1.29 is 4.79 Å². The van der Waals surface area contributed by atoms with Gasteiger partial charge in [-0.3, -0.25) is 9.48 Å². The second kappa shape index (κ2) is 5.76. The Balaban J connectivity index is 1.77. The minimum absolute atomic E-state index is 0.258. The van der Waals surface area contributed by atoms with Gasteiger partial charge in [0.05, 0.1) is 11.9 Å². The Kier molecular flexibility index (Phi) is 3.85. The van der Waals surface area contributed by atoms with Crippen LogP contribution in [0, 0.1) is 0 Å². The molecule has 0 saturated heterocycles. The van der Waals surface area contributed by atoms with E-state index in [1.807, 2.05) is 0 Å². The summed E-state index contributed by atoms with van der Waals surface area (Å²) in [5.74, 6) is -0.258. The van der Waals surface area contributed by atoms with E-state index in [-0.39, 0.29) is 11.6 Å². The molecule has 7 heteroatoms. The van der Waals surface area contributed by atoms with E-state index in [1.165, 1.54) is 0 Å². The molecule has 0 saturated carbocycles. The average molecular weight is 246 g/mol. The fraction of sp³-hybridized carbons (Fsp3) is 0.273. The summed E-state index contributed by atoms with van der Waals surface area (Å²) in [6.45, 7) is 1.24. The van der Waals surface area contributed by atoms with Gasteiger partial charge < -0.3 is 11.1 Å². The highest BCUT2D eigenvalue weighted by Crippen LogP contribution is 2.05. The van der Waals surface area contributed by atoms with Gasteiger partial charge in [-0.15, -0.1) is 5.10 Å². The number of nitrogens with zero attached hydrogens (tertiary/aromatic N) is 4. The Morgan fingerprint density at radius 2 is 2.33 bits per heavy atom. The van der Waals surface area contributed by atoms with Crippen molar-refractivity contribution in [3.05, 3.63) is 36.4 Å². The molecule has 1 amide bonds. The van der Waals surface area contributed by atoms with Gasteiger partial charge in [0.1, 0.15) is 0 Å². The topological polar surface area (TPSA) is 98.7 Å². The molecule has 0 aliphatic heterocycles. The summed E-state index contributed by atoms with van der Waals surface area (Å²) in [5.41, 5.74) is 6.30. The summed E-state index contributed by atoms with van der Waals surface area (Å²) in [5, 5.41) is 10.3. The van der Waals surface area contributed by atoms with Gasteiger partial charge in [-0.05, 0) is 18.6 Å². The zero-order valence-electron chi connectivity index (χ0n) is 9.78. The highest BCUT2D eigenvalue weighted by atomic mass is 16.1. The summed E-state index contributed by atoms with van der Waals surface area (Å²) >= 11 is 0. The highest BCUT2D eigenvalue weighted by Gasteiger charge is 2.09. The van der Waals surface area contributed by atoms with Gasteiger partial charge in [-0.1, -0.05) is 5.21 Å². The van der Waals surface area contributed by atoms with Crippen LogP contribution in [0.3, 0.4) is 0 Å². The highest BCUT2D eigenvalue weighted by molar-refractivity contribution is 5.96. The molecule has 94 valence electrons. The summed E-state index contributed by atoms with van der Waals surface area (Å²) in [7, 11) is 0. The van der Waals surface area contributed by atoms with Gasteiger partial charge >= 0.3 is 0 Å². The fourth-order valence-electron chi connectivity index (χ4n) is 1.49. The van der Waals surface area contributed by atoms with E-state index in [2.05, 4.69) is 20.6 Å². The summed E-state index contributed by atoms with van der Waals surface area (Å²) in [4.78, 5) is 15.7. The second-order valence-electron chi connectivity index (χ2n) is 3.72. The number of nitrogens with one attached hydrogen (secondary N) is 1. The van der Waals surface area contributed by atoms with Crippen LogP contribution in [-0.4, -0.2) is 32.4 Å². The molecule has 0 spiro atoms. The summed E-state index contributed by atoms with van der Waals surface area (Å²) in [6.07, 6.45) is 5.70. The first-order valence-electron chi connectivity index (χ1n) is 5.60. The SMILES string of the molecule is Nc1cccnc1C(=O)NCCCn1ccnn1. The van der Waals surface area contributed by atoms with Gasteiger partial charge in [0.25, 0.3) is 5.91 Å². The maximum atomic E-state index is 11.7. The first-order chi connectivity index (χ1) is 8.77. The quantitative estimate of drug-likeness (QED) is 0.728. The molecule has 0 aliphatic carbocycles. The second-order valence-corrected chi connectivity index (χ2v) is 3.72. The zero-order valence-corrected chi connectivity index (χ0v) is 9.78. The van der Waals surface area contributed by atoms with Crippen LogP contribution in [0.15, 0.2) is 30.7 Å². The van der Waals surface area contributed by atoms with E-state index < -0.39 is 0 Å². The van der Waals surface area contributed by atoms with E-state index in [4.69, 9.17) is 5.73 Å². The van der Waals surface area contributed by atoms with Gasteiger partial charge in [-0.2, -0.15) is 0 Å². The molecule has 18 heavy (non-hydrogen) atoms. The average Bonchev–Trinajstić information content (AvgIpc) is 2.88. The number of anilines is 1. The summed E-state index contributed by atoms with van der Waals surface area (Å²) in [6, 6.07) is 3.34. The smallest absolute Gasteiger partial charge is 0.272 e. The number of carbonyl (C=O) groups excluding carboxylic acids is 1. The van der Waals surface area contributed by atoms with Crippen LogP contribution in [0.4, 0.5) is 5.69 Å². The van der Waals surface area contributed by atoms with E-state index in [1.54, 1.807) is 35.4 Å². The Bertz CT molecular complexity index is 510. The Labute approximate surface area is 104 Å². The number of nitrogens with two attached hydrogens (primary N) is 1. The number of aromatic nitrogens is 4. The van der Waals surface area contributed by atoms with Crippen LogP contribution in [0.2, 0.25) is 0 Å². The predicted octanol–water partition coefficient (Wildman–Crippen LogP) is 0.0754. The van der Waals surface area contributed by atoms with Gasteiger partial charge in [-0.25, -0.2) is 4.98 Å². The molecule has 0 unspecified atom stereocenters. The van der Waals surface area contributed by atoms with Gasteiger partial charge in [0.15, 0.2) is 5.69 Å². The van der Waals surface area contributed by atoms with Gasteiger partial charge in [0, 0.05) is 25.5 Å². The van der Waals surface area contributed by atoms with Crippen molar-refractivity contribution >= 4 is 11.6 Å². The van der Waals surface area contributed by atoms with Crippen molar-refractivity contribution in [3.8, 4) is 0 Å². The maximum absolute atomic E-state index is 11.7. The standard InChI is InChI=1S/C11H14N6O/c12-9-3-1-4-13-10(9)11(18)14-5-2-7-17-8-6-15-16-17/h1,3-4,6,8H,2,5,7,12H2,(H,14,18). The van der Waals surface area contributed by atoms with Gasteiger partial charge in [0.2, 0.25) is 0 Å². The summed E-state index contributed by atoms with van der Waals surface area (Å²) < 4.78 is 1.71. The van der Waals surface area contributed by atoms with Crippen LogP contribution < -0.4 is 11.1 Å². The minimum atomic E-state index is -0.258. The zero-order chi connectivity index (χ0) is 12.8. The number of pyridine rings is 1. The third kappa shape index (κ3) is 3.03. The lowest BCUT2D eigenvalue weighted by molar-refractivity contribution is 0.0948. The van der Waals surface area contributed by atoms with E-state index in [0.29, 0.717) is 18.8 Å². The van der Waals surface area contributed by atoms with Crippen molar-refractivity contribution in [1.82, 2.24) is 25.3 Å². The number of hydrogen-bond donors (Lipinski definition) is 2. The molecule has 0 radical (unpaired) electrons. The van der Waals surface area contributed by atoms with Crippen molar-refractivity contribution in [2.24, 2.45) is 0 Å². The number of hydrogen-bond acceptors (Lipinski definition) is 5. The van der Waals surface area contributed by atoms with Crippen LogP contribution >= 0.6 is 0 Å². The number of rotatable bonds is 5. The van der Waals surface area contributed by atoms with E-state index in [9.17, 15) is 4.79 Å².